The fourth-order valence-electron chi connectivity index (χ4n) is 2.58. The number of hydrogen-bond donors (Lipinski definition) is 0. The van der Waals surface area contributed by atoms with Crippen molar-refractivity contribution in [3.63, 3.8) is 0 Å². The predicted octanol–water partition coefficient (Wildman–Crippen LogP) is 4.05. The second kappa shape index (κ2) is 6.72. The maximum Gasteiger partial charge on any atom is 0.410 e. The highest BCUT2D eigenvalue weighted by Gasteiger charge is 2.40. The Morgan fingerprint density at radius 2 is 1.78 bits per heavy atom. The van der Waals surface area contributed by atoms with Crippen molar-refractivity contribution in [3.8, 4) is 5.75 Å². The van der Waals surface area contributed by atoms with Crippen LogP contribution in [-0.2, 0) is 4.74 Å². The van der Waals surface area contributed by atoms with Gasteiger partial charge in [0, 0.05) is 6.42 Å². The quantitative estimate of drug-likeness (QED) is 0.822. The topological polar surface area (TPSA) is 38.8 Å². The van der Waals surface area contributed by atoms with Gasteiger partial charge in [-0.2, -0.15) is 0 Å². The summed E-state index contributed by atoms with van der Waals surface area (Å²) in [5, 5.41) is 0. The summed E-state index contributed by atoms with van der Waals surface area (Å²) in [6.45, 7) is 4.90. The third-order valence-electron chi connectivity index (χ3n) is 3.72. The molecule has 0 saturated carbocycles. The first kappa shape index (κ1) is 17.5. The van der Waals surface area contributed by atoms with Crippen LogP contribution < -0.4 is 4.74 Å². The average molecular weight is 327 g/mol. The van der Waals surface area contributed by atoms with Crippen LogP contribution in [0.2, 0.25) is 0 Å². The van der Waals surface area contributed by atoms with Crippen molar-refractivity contribution in [2.75, 3.05) is 13.7 Å². The van der Waals surface area contributed by atoms with Gasteiger partial charge in [0.2, 0.25) is 0 Å². The van der Waals surface area contributed by atoms with Gasteiger partial charge in [-0.05, 0) is 38.5 Å². The van der Waals surface area contributed by atoms with Crippen LogP contribution in [0, 0.1) is 0 Å². The molecule has 1 aromatic rings. The molecule has 0 aliphatic carbocycles. The Hall–Kier alpha value is -1.85. The smallest absolute Gasteiger partial charge is 0.410 e. The molecule has 0 aromatic heterocycles. The molecule has 1 amide bonds. The number of nitrogens with zero attached hydrogens (tertiary/aromatic N) is 1. The maximum absolute atomic E-state index is 13.9. The van der Waals surface area contributed by atoms with Gasteiger partial charge in [-0.3, -0.25) is 4.90 Å². The molecule has 0 radical (unpaired) electrons. The van der Waals surface area contributed by atoms with E-state index in [0.29, 0.717) is 5.75 Å². The van der Waals surface area contributed by atoms with Crippen molar-refractivity contribution < 1.29 is 23.0 Å². The molecule has 23 heavy (non-hydrogen) atoms. The molecule has 1 aliphatic rings. The van der Waals surface area contributed by atoms with Crippen molar-refractivity contribution in [2.24, 2.45) is 0 Å². The molecule has 1 heterocycles. The number of amides is 1. The summed E-state index contributed by atoms with van der Waals surface area (Å²) in [7, 11) is 1.55. The lowest BCUT2D eigenvalue weighted by Gasteiger charge is -2.39. The molecule has 128 valence electrons. The highest BCUT2D eigenvalue weighted by molar-refractivity contribution is 5.69. The largest absolute Gasteiger partial charge is 0.497 e. The van der Waals surface area contributed by atoms with E-state index >= 15 is 0 Å². The van der Waals surface area contributed by atoms with Crippen molar-refractivity contribution in [1.82, 2.24) is 4.90 Å². The summed E-state index contributed by atoms with van der Waals surface area (Å²) in [5.41, 5.74) is 0.0334. The number of hydrogen-bond acceptors (Lipinski definition) is 3. The Morgan fingerprint density at radius 1 is 1.17 bits per heavy atom. The SMILES string of the molecule is COc1ccc([C@@H]2C[C@@H](F)[C@H](F)CN2C(=O)OC(C)(C)C)cc1. The van der Waals surface area contributed by atoms with E-state index in [2.05, 4.69) is 0 Å². The fraction of sp³-hybridized carbons (Fsp3) is 0.588. The highest BCUT2D eigenvalue weighted by Crippen LogP contribution is 2.35. The van der Waals surface area contributed by atoms with Crippen LogP contribution in [0.25, 0.3) is 0 Å². The molecule has 1 saturated heterocycles. The number of ether oxygens (including phenoxy) is 2. The number of rotatable bonds is 2. The molecule has 6 heteroatoms. The van der Waals surface area contributed by atoms with Crippen molar-refractivity contribution in [1.29, 1.82) is 0 Å². The van der Waals surface area contributed by atoms with E-state index in [9.17, 15) is 13.6 Å². The maximum atomic E-state index is 13.9. The van der Waals surface area contributed by atoms with Crippen LogP contribution in [0.1, 0.15) is 38.8 Å². The number of benzene rings is 1. The zero-order valence-corrected chi connectivity index (χ0v) is 13.9. The Morgan fingerprint density at radius 3 is 2.30 bits per heavy atom. The van der Waals surface area contributed by atoms with Crippen molar-refractivity contribution >= 4 is 6.09 Å². The minimum Gasteiger partial charge on any atom is -0.497 e. The average Bonchev–Trinajstić information content (AvgIpc) is 2.48. The van der Waals surface area contributed by atoms with Gasteiger partial charge in [-0.15, -0.1) is 0 Å². The van der Waals surface area contributed by atoms with Gasteiger partial charge in [-0.25, -0.2) is 13.6 Å². The first-order valence-electron chi connectivity index (χ1n) is 7.63. The van der Waals surface area contributed by atoms with Crippen LogP contribution >= 0.6 is 0 Å². The molecule has 0 bridgehead atoms. The molecular formula is C17H23F2NO3. The normalized spacial score (nSPS) is 25.1. The van der Waals surface area contributed by atoms with Gasteiger partial charge in [0.05, 0.1) is 19.7 Å². The molecule has 1 fully saturated rings. The summed E-state index contributed by atoms with van der Waals surface area (Å²) in [5.74, 6) is 0.661. The van der Waals surface area contributed by atoms with Crippen molar-refractivity contribution in [3.05, 3.63) is 29.8 Å². The molecule has 0 unspecified atom stereocenters. The number of halogens is 2. The number of carbonyl (C=O) groups is 1. The number of methoxy groups -OCH3 is 1. The van der Waals surface area contributed by atoms with E-state index in [1.807, 2.05) is 0 Å². The molecular weight excluding hydrogens is 304 g/mol. The van der Waals surface area contributed by atoms with E-state index in [4.69, 9.17) is 9.47 Å². The summed E-state index contributed by atoms with van der Waals surface area (Å²) < 4.78 is 38.1. The zero-order chi connectivity index (χ0) is 17.2. The van der Waals surface area contributed by atoms with Gasteiger partial charge >= 0.3 is 6.09 Å². The van der Waals surface area contributed by atoms with E-state index in [0.717, 1.165) is 5.56 Å². The first-order chi connectivity index (χ1) is 10.7. The van der Waals surface area contributed by atoms with Gasteiger partial charge in [0.15, 0.2) is 0 Å². The third kappa shape index (κ3) is 4.33. The number of alkyl halides is 2. The predicted molar refractivity (Wildman–Crippen MR) is 83.1 cm³/mol. The summed E-state index contributed by atoms with van der Waals surface area (Å²) >= 11 is 0. The third-order valence-corrected chi connectivity index (χ3v) is 3.72. The number of piperidine rings is 1. The fourth-order valence-corrected chi connectivity index (χ4v) is 2.58. The van der Waals surface area contributed by atoms with Gasteiger partial charge in [0.1, 0.15) is 23.7 Å². The lowest BCUT2D eigenvalue weighted by atomic mass is 9.93. The molecule has 1 aliphatic heterocycles. The van der Waals surface area contributed by atoms with Crippen LogP contribution in [0.3, 0.4) is 0 Å². The lowest BCUT2D eigenvalue weighted by molar-refractivity contribution is -0.0191. The monoisotopic (exact) mass is 327 g/mol. The van der Waals surface area contributed by atoms with Crippen LogP contribution in [0.4, 0.5) is 13.6 Å². The van der Waals surface area contributed by atoms with Crippen LogP contribution in [0.15, 0.2) is 24.3 Å². The minimum absolute atomic E-state index is 0.0905. The van der Waals surface area contributed by atoms with Gasteiger partial charge < -0.3 is 9.47 Å². The minimum atomic E-state index is -1.70. The van der Waals surface area contributed by atoms with Crippen LogP contribution in [-0.4, -0.2) is 42.6 Å². The Kier molecular flexibility index (Phi) is 5.12. The second-order valence-corrected chi connectivity index (χ2v) is 6.69. The van der Waals surface area contributed by atoms with Crippen LogP contribution in [0.5, 0.6) is 5.75 Å². The van der Waals surface area contributed by atoms with Gasteiger partial charge in [0.25, 0.3) is 0 Å². The number of carbonyl (C=O) groups excluding carboxylic acids is 1. The second-order valence-electron chi connectivity index (χ2n) is 6.69. The summed E-state index contributed by atoms with van der Waals surface area (Å²) in [6, 6.07) is 6.42. The Bertz CT molecular complexity index is 542. The van der Waals surface area contributed by atoms with Crippen molar-refractivity contribution in [2.45, 2.75) is 51.2 Å². The Labute approximate surface area is 135 Å². The summed E-state index contributed by atoms with van der Waals surface area (Å²) in [4.78, 5) is 13.6. The van der Waals surface area contributed by atoms with E-state index in [-0.39, 0.29) is 13.0 Å². The molecule has 2 rings (SSSR count). The van der Waals surface area contributed by atoms with E-state index < -0.39 is 30.1 Å². The van der Waals surface area contributed by atoms with E-state index in [1.54, 1.807) is 52.1 Å². The highest BCUT2D eigenvalue weighted by atomic mass is 19.2. The standard InChI is InChI=1S/C17H23F2NO3/c1-17(2,3)23-16(21)20-10-14(19)13(18)9-15(20)11-5-7-12(22-4)8-6-11/h5-8,13-15H,9-10H2,1-4H3/t13-,14-,15+/m1/s1. The number of likely N-dealkylation sites (tertiary alicyclic amines) is 1. The molecule has 0 spiro atoms. The molecule has 3 atom stereocenters. The summed E-state index contributed by atoms with van der Waals surface area (Å²) in [6.07, 6.45) is -4.02. The molecule has 1 aromatic carbocycles. The molecule has 0 N–H and O–H groups in total. The Balaban J connectivity index is 2.25. The lowest BCUT2D eigenvalue weighted by Crippen LogP contribution is -2.49. The first-order valence-corrected chi connectivity index (χ1v) is 7.63. The zero-order valence-electron chi connectivity index (χ0n) is 13.9. The molecule has 4 nitrogen and oxygen atoms in total. The van der Waals surface area contributed by atoms with E-state index in [1.165, 1.54) is 4.90 Å². The van der Waals surface area contributed by atoms with Gasteiger partial charge in [-0.1, -0.05) is 12.1 Å².